The van der Waals surface area contributed by atoms with Gasteiger partial charge in [0, 0.05) is 87.1 Å². The van der Waals surface area contributed by atoms with Crippen molar-refractivity contribution in [3.63, 3.8) is 0 Å². The number of hydrogen-bond acceptors (Lipinski definition) is 0. The highest BCUT2D eigenvalue weighted by molar-refractivity contribution is 5.74. The van der Waals surface area contributed by atoms with E-state index < -0.39 is 38.7 Å². The number of hydrogen-bond donors (Lipinski definition) is 0. The van der Waals surface area contributed by atoms with Gasteiger partial charge in [-0.2, -0.15) is 0 Å². The molecule has 12 aromatic rings. The van der Waals surface area contributed by atoms with Crippen LogP contribution in [0.5, 0.6) is 0 Å². The van der Waals surface area contributed by atoms with Gasteiger partial charge in [-0.05, 0) is 174 Å². The third kappa shape index (κ3) is 16.5. The van der Waals surface area contributed by atoms with E-state index in [-0.39, 0.29) is 6.42 Å². The first-order valence-corrected chi connectivity index (χ1v) is 30.6. The Labute approximate surface area is 557 Å². The van der Waals surface area contributed by atoms with Gasteiger partial charge in [0.15, 0.2) is 24.8 Å². The van der Waals surface area contributed by atoms with Gasteiger partial charge in [0.05, 0.1) is 0 Å². The summed E-state index contributed by atoms with van der Waals surface area (Å²) in [6, 6.07) is 81.6. The van der Waals surface area contributed by atoms with Gasteiger partial charge in [0.1, 0.15) is 28.2 Å². The second kappa shape index (κ2) is 30.5. The predicted molar refractivity (Wildman–Crippen MR) is 380 cm³/mol. The summed E-state index contributed by atoms with van der Waals surface area (Å²) in [7, 11) is 7.78. The molecule has 2 atom stereocenters. The van der Waals surface area contributed by atoms with Crippen LogP contribution in [0.4, 0.5) is 0 Å². The fourth-order valence-corrected chi connectivity index (χ4v) is 11.3. The topological polar surface area (TPSA) is 15.5 Å². The van der Waals surface area contributed by atoms with Crippen LogP contribution in [0.1, 0.15) is 103 Å². The third-order valence-electron chi connectivity index (χ3n) is 16.3. The lowest BCUT2D eigenvalue weighted by Gasteiger charge is -2.09. The summed E-state index contributed by atoms with van der Waals surface area (Å²) in [6.07, 6.45) is 6.23. The second-order valence-electron chi connectivity index (χ2n) is 23.2. The van der Waals surface area contributed by atoms with Gasteiger partial charge in [-0.15, -0.1) is 0 Å². The van der Waals surface area contributed by atoms with Crippen molar-refractivity contribution in [2.24, 2.45) is 34.1 Å². The Bertz CT molecular complexity index is 4760. The molecular weight excluding hydrogens is 1090 g/mol. The van der Waals surface area contributed by atoms with E-state index in [4.69, 9.17) is 17.8 Å². The Balaban J connectivity index is 0.000000160. The third-order valence-corrected chi connectivity index (χ3v) is 16.3. The van der Waals surface area contributed by atoms with Crippen molar-refractivity contribution < 1.29 is 36.1 Å². The van der Waals surface area contributed by atoms with E-state index in [9.17, 15) is 0 Å². The molecule has 452 valence electrons. The highest BCUT2D eigenvalue weighted by Gasteiger charge is 2.18. The summed E-state index contributed by atoms with van der Waals surface area (Å²) in [5.41, 5.74) is 25.2. The zero-order valence-electron chi connectivity index (χ0n) is 66.9. The van der Waals surface area contributed by atoms with Crippen LogP contribution in [-0.2, 0) is 41.0 Å². The van der Waals surface area contributed by atoms with Crippen molar-refractivity contribution in [2.75, 3.05) is 0 Å². The van der Waals surface area contributed by atoms with Crippen LogP contribution in [0, 0.1) is 40.4 Å². The molecule has 4 aromatic heterocycles. The Morgan fingerprint density at radius 3 is 1.23 bits per heavy atom. The number of rotatable bonds is 12. The molecule has 0 fully saturated rings. The average molecular weight is 1190 g/mol. The van der Waals surface area contributed by atoms with Crippen molar-refractivity contribution in [2.45, 2.75) is 87.7 Å². The highest BCUT2D eigenvalue weighted by atomic mass is 14.9. The molecule has 0 saturated carbocycles. The summed E-state index contributed by atoms with van der Waals surface area (Å²) in [5.74, 6) is -3.14. The van der Waals surface area contributed by atoms with E-state index >= 15 is 0 Å². The monoisotopic (exact) mass is 1190 g/mol. The van der Waals surface area contributed by atoms with E-state index in [0.29, 0.717) is 16.7 Å². The van der Waals surface area contributed by atoms with Crippen molar-refractivity contribution in [1.29, 1.82) is 0 Å². The molecule has 2 unspecified atom stereocenters. The minimum absolute atomic E-state index is 0.196. The largest absolute Gasteiger partial charge is 0.213 e. The molecule has 4 heterocycles. The standard InChI is InChI=1S/C23H26N.C22H24N.C21H22N.C20H20N/c1-17(2)15-19-9-11-20(12-10-19)21-13-14-24(4)23(16-21)22-8-6-5-7-18(22)3;1-16(2)20-11-13-22(23(4)15-20)21-12-10-19(14-17(21)3)18-8-6-5-7-9-18;1-4-17-10-13-21(22(3)15-17)20-12-11-19(14-16(20)2)18-8-6-5-7-9-18;1-15-9-12-20(21(3)14-15)19-11-10-18(13-16(19)2)17-7-5-4-6-8-17/h5-14,16-17H,15H2,1-4H3;5-16H,1-4H3;5-15H,4H2,1-3H3;4-14H,1-3H3/q4*+1/i1D3,17D;1D3,16D;4D2;1D3. The van der Waals surface area contributed by atoms with Crippen LogP contribution >= 0.6 is 0 Å². The highest BCUT2D eigenvalue weighted by Crippen LogP contribution is 2.32. The molecule has 90 heavy (non-hydrogen) atoms. The van der Waals surface area contributed by atoms with E-state index in [2.05, 4.69) is 166 Å². The van der Waals surface area contributed by atoms with Gasteiger partial charge in [0.25, 0.3) is 0 Å². The molecule has 0 N–H and O–H groups in total. The lowest BCUT2D eigenvalue weighted by molar-refractivity contribution is -0.661. The Morgan fingerprint density at radius 2 is 0.789 bits per heavy atom. The lowest BCUT2D eigenvalue weighted by Crippen LogP contribution is -2.31. The molecule has 8 aromatic carbocycles. The molecule has 0 spiro atoms. The average Bonchev–Trinajstić information content (AvgIpc) is 0.787. The maximum atomic E-state index is 8.28. The van der Waals surface area contributed by atoms with Crippen LogP contribution in [0.15, 0.2) is 267 Å². The summed E-state index contributed by atoms with van der Waals surface area (Å²) < 4.78 is 108. The first kappa shape index (κ1) is 49.3. The second-order valence-corrected chi connectivity index (χ2v) is 23.2. The SMILES string of the molecule is [2H]C([2H])(C)c1ccc(-c2ccc(-c3ccccc3)cc2C)[n+](C)c1.[2H]C([2H])([2H])C([2H])(C)Cc1ccc(-c2cc[n+](C)c(-c3ccccc3C)c2)cc1.[2H]C([2H])([2H])C([2H])(C)c1ccc(-c2ccc(-c3ccccc3)cc2C)[n+](C)c1.[2H]C([2H])([2H])c1ccc(-c2ccc(-c3ccccc3)cc2C)[n+](C)c1. The minimum Gasteiger partial charge on any atom is -0.201 e. The van der Waals surface area contributed by atoms with E-state index in [1.165, 1.54) is 63.9 Å². The van der Waals surface area contributed by atoms with Gasteiger partial charge in [0.2, 0.25) is 22.8 Å². The van der Waals surface area contributed by atoms with Crippen molar-refractivity contribution in [3.05, 3.63) is 312 Å². The smallest absolute Gasteiger partial charge is 0.201 e. The van der Waals surface area contributed by atoms with Crippen LogP contribution in [-0.4, -0.2) is 0 Å². The van der Waals surface area contributed by atoms with Crippen molar-refractivity contribution in [3.8, 4) is 89.5 Å². The van der Waals surface area contributed by atoms with Gasteiger partial charge >= 0.3 is 0 Å². The van der Waals surface area contributed by atoms with E-state index in [1.54, 1.807) is 31.5 Å². The molecule has 0 amide bonds. The maximum Gasteiger partial charge on any atom is 0.213 e. The molecule has 0 aliphatic rings. The number of pyridine rings is 4. The van der Waals surface area contributed by atoms with Gasteiger partial charge < -0.3 is 0 Å². The summed E-state index contributed by atoms with van der Waals surface area (Å²) in [5, 5.41) is 0. The lowest BCUT2D eigenvalue weighted by atomic mass is 9.97. The molecular formula is C86H92N4+4. The molecule has 0 radical (unpaired) electrons. The van der Waals surface area contributed by atoms with Crippen LogP contribution in [0.2, 0.25) is 0 Å². The first-order chi connectivity index (χ1) is 48.4. The Kier molecular flexibility index (Phi) is 16.7. The number of benzene rings is 8. The molecule has 4 nitrogen and oxygen atoms in total. The van der Waals surface area contributed by atoms with E-state index in [1.807, 2.05) is 151 Å². The van der Waals surface area contributed by atoms with Crippen molar-refractivity contribution in [1.82, 2.24) is 0 Å². The predicted octanol–water partition coefficient (Wildman–Crippen LogP) is 19.8. The first-order valence-electron chi connectivity index (χ1n) is 37.1. The summed E-state index contributed by atoms with van der Waals surface area (Å²) >= 11 is 0. The van der Waals surface area contributed by atoms with Crippen molar-refractivity contribution >= 4 is 0 Å². The molecule has 0 saturated heterocycles. The summed E-state index contributed by atoms with van der Waals surface area (Å²) in [6.45, 7) is 6.12. The fraction of sp³-hybridized carbons (Fsp3) is 0.209. The van der Waals surface area contributed by atoms with Gasteiger partial charge in [-0.25, -0.2) is 18.3 Å². The normalized spacial score (nSPS) is 14.9. The quantitative estimate of drug-likeness (QED) is 0.108. The zero-order chi connectivity index (χ0) is 75.0. The van der Waals surface area contributed by atoms with Gasteiger partial charge in [-0.3, -0.25) is 0 Å². The molecule has 0 bridgehead atoms. The van der Waals surface area contributed by atoms with Gasteiger partial charge in [-0.1, -0.05) is 204 Å². The molecule has 0 aliphatic carbocycles. The van der Waals surface area contributed by atoms with E-state index in [0.717, 1.165) is 67.3 Å². The molecule has 0 aliphatic heterocycles. The minimum atomic E-state index is -2.38. The zero-order valence-corrected chi connectivity index (χ0v) is 53.9. The number of nitrogens with zero attached hydrogens (tertiary/aromatic N) is 4. The maximum absolute atomic E-state index is 8.28. The van der Waals surface area contributed by atoms with Crippen LogP contribution in [0.3, 0.4) is 0 Å². The number of aryl methyl sites for hydroxylation is 10. The summed E-state index contributed by atoms with van der Waals surface area (Å²) in [4.78, 5) is 0. The van der Waals surface area contributed by atoms with Crippen LogP contribution < -0.4 is 18.3 Å². The molecule has 12 rings (SSSR count). The van der Waals surface area contributed by atoms with Crippen LogP contribution in [0.25, 0.3) is 89.5 Å². The Morgan fingerprint density at radius 1 is 0.367 bits per heavy atom. The Hall–Kier alpha value is -9.64. The molecule has 4 heteroatoms. The number of aromatic nitrogens is 4. The fourth-order valence-electron chi connectivity index (χ4n) is 11.3.